The highest BCUT2D eigenvalue weighted by Crippen LogP contribution is 2.32. The third-order valence-corrected chi connectivity index (χ3v) is 4.20. The molecule has 0 spiro atoms. The molecule has 1 saturated heterocycles. The van der Waals surface area contributed by atoms with Gasteiger partial charge in [0.2, 0.25) is 0 Å². The molecule has 1 heterocycles. The number of aliphatic hydroxyl groups is 1. The number of piperazine rings is 1. The van der Waals surface area contributed by atoms with E-state index in [1.54, 1.807) is 19.1 Å². The van der Waals surface area contributed by atoms with E-state index in [9.17, 15) is 20.0 Å². The Labute approximate surface area is 141 Å². The first-order valence-corrected chi connectivity index (χ1v) is 8.01. The van der Waals surface area contributed by atoms with Crippen LogP contribution >= 0.6 is 0 Å². The van der Waals surface area contributed by atoms with Gasteiger partial charge >= 0.3 is 0 Å². The normalized spacial score (nSPS) is 19.8. The Morgan fingerprint density at radius 2 is 2.21 bits per heavy atom. The molecule has 1 amide bonds. The number of rotatable bonds is 5. The van der Waals surface area contributed by atoms with Gasteiger partial charge < -0.3 is 15.3 Å². The third kappa shape index (κ3) is 4.01. The molecule has 1 aliphatic rings. The summed E-state index contributed by atoms with van der Waals surface area (Å²) in [6.45, 7) is 6.43. The molecule has 0 bridgehead atoms. The van der Waals surface area contributed by atoms with E-state index in [0.717, 1.165) is 13.1 Å². The maximum Gasteiger partial charge on any atom is 0.293 e. The fourth-order valence-corrected chi connectivity index (χ4v) is 3.13. The van der Waals surface area contributed by atoms with Crippen molar-refractivity contribution in [2.45, 2.75) is 26.0 Å². The zero-order chi connectivity index (χ0) is 17.9. The van der Waals surface area contributed by atoms with Gasteiger partial charge in [-0.1, -0.05) is 0 Å². The lowest BCUT2D eigenvalue weighted by Crippen LogP contribution is -2.53. The molecule has 0 saturated carbocycles. The largest absolute Gasteiger partial charge is 0.392 e. The zero-order valence-electron chi connectivity index (χ0n) is 14.2. The molecule has 2 unspecified atom stereocenters. The standard InChI is InChI=1S/C16H24N4O4/c1-11-9-18(10-12(2)21)6-7-19(11)14-5-4-13(16(22)17-3)8-15(14)20(23)24/h4-5,8,11-12,21H,6-7,9-10H2,1-3H3,(H,17,22). The predicted molar refractivity (Wildman–Crippen MR) is 91.4 cm³/mol. The molecule has 0 radical (unpaired) electrons. The van der Waals surface area contributed by atoms with Crippen molar-refractivity contribution in [2.24, 2.45) is 0 Å². The minimum Gasteiger partial charge on any atom is -0.392 e. The lowest BCUT2D eigenvalue weighted by molar-refractivity contribution is -0.384. The fourth-order valence-electron chi connectivity index (χ4n) is 3.13. The first-order chi connectivity index (χ1) is 11.3. The van der Waals surface area contributed by atoms with Crippen LogP contribution in [0.5, 0.6) is 0 Å². The van der Waals surface area contributed by atoms with E-state index >= 15 is 0 Å². The number of aliphatic hydroxyl groups excluding tert-OH is 1. The van der Waals surface area contributed by atoms with Gasteiger partial charge in [0, 0.05) is 50.9 Å². The van der Waals surface area contributed by atoms with Gasteiger partial charge in [0.1, 0.15) is 5.69 Å². The minimum atomic E-state index is -0.448. The fraction of sp³-hybridized carbons (Fsp3) is 0.562. The Kier molecular flexibility index (Phi) is 5.74. The Bertz CT molecular complexity index is 620. The molecule has 132 valence electrons. The predicted octanol–water partition coefficient (Wildman–Crippen LogP) is 0.846. The highest BCUT2D eigenvalue weighted by Gasteiger charge is 2.29. The van der Waals surface area contributed by atoms with Crippen molar-refractivity contribution >= 4 is 17.3 Å². The summed E-state index contributed by atoms with van der Waals surface area (Å²) in [5.41, 5.74) is 0.733. The summed E-state index contributed by atoms with van der Waals surface area (Å²) in [5.74, 6) is -0.348. The van der Waals surface area contributed by atoms with E-state index in [-0.39, 0.29) is 23.2 Å². The Morgan fingerprint density at radius 1 is 1.50 bits per heavy atom. The maximum atomic E-state index is 11.7. The molecule has 24 heavy (non-hydrogen) atoms. The Hall–Kier alpha value is -2.19. The molecule has 2 N–H and O–H groups in total. The highest BCUT2D eigenvalue weighted by molar-refractivity contribution is 5.95. The molecular weight excluding hydrogens is 312 g/mol. The first kappa shape index (κ1) is 18.2. The minimum absolute atomic E-state index is 0.0630. The van der Waals surface area contributed by atoms with Crippen LogP contribution < -0.4 is 10.2 Å². The van der Waals surface area contributed by atoms with Crippen LogP contribution in [0.4, 0.5) is 11.4 Å². The van der Waals surface area contributed by atoms with Crippen molar-refractivity contribution < 1.29 is 14.8 Å². The number of hydrogen-bond acceptors (Lipinski definition) is 6. The number of nitro benzene ring substituents is 1. The molecule has 2 atom stereocenters. The van der Waals surface area contributed by atoms with E-state index in [0.29, 0.717) is 18.8 Å². The van der Waals surface area contributed by atoms with E-state index in [1.165, 1.54) is 13.1 Å². The van der Waals surface area contributed by atoms with Crippen molar-refractivity contribution in [3.05, 3.63) is 33.9 Å². The average molecular weight is 336 g/mol. The number of carbonyl (C=O) groups is 1. The second-order valence-corrected chi connectivity index (χ2v) is 6.19. The molecule has 8 heteroatoms. The monoisotopic (exact) mass is 336 g/mol. The molecule has 1 aromatic carbocycles. The molecule has 1 fully saturated rings. The average Bonchev–Trinajstić information content (AvgIpc) is 2.53. The number of nitrogens with one attached hydrogen (secondary N) is 1. The van der Waals surface area contributed by atoms with Crippen LogP contribution in [0.2, 0.25) is 0 Å². The van der Waals surface area contributed by atoms with Gasteiger partial charge in [0.25, 0.3) is 11.6 Å². The van der Waals surface area contributed by atoms with Crippen molar-refractivity contribution in [3.8, 4) is 0 Å². The number of benzene rings is 1. The van der Waals surface area contributed by atoms with Crippen LogP contribution in [0.3, 0.4) is 0 Å². The van der Waals surface area contributed by atoms with Crippen LogP contribution in [0, 0.1) is 10.1 Å². The maximum absolute atomic E-state index is 11.7. The van der Waals surface area contributed by atoms with E-state index in [1.807, 2.05) is 11.8 Å². The molecule has 1 aromatic rings. The SMILES string of the molecule is CNC(=O)c1ccc(N2CCN(CC(C)O)CC2C)c([N+](=O)[O-])c1. The number of hydrogen-bond donors (Lipinski definition) is 2. The summed E-state index contributed by atoms with van der Waals surface area (Å²) in [6, 6.07) is 4.64. The van der Waals surface area contributed by atoms with E-state index in [2.05, 4.69) is 10.2 Å². The zero-order valence-corrected chi connectivity index (χ0v) is 14.2. The lowest BCUT2D eigenvalue weighted by Gasteiger charge is -2.41. The smallest absolute Gasteiger partial charge is 0.293 e. The van der Waals surface area contributed by atoms with E-state index < -0.39 is 11.0 Å². The van der Waals surface area contributed by atoms with Gasteiger partial charge in [0.15, 0.2) is 0 Å². The lowest BCUT2D eigenvalue weighted by atomic mass is 10.1. The Morgan fingerprint density at radius 3 is 2.75 bits per heavy atom. The van der Waals surface area contributed by atoms with Crippen molar-refractivity contribution in [2.75, 3.05) is 38.1 Å². The topological polar surface area (TPSA) is 99.0 Å². The summed E-state index contributed by atoms with van der Waals surface area (Å²) < 4.78 is 0. The van der Waals surface area contributed by atoms with Gasteiger partial charge in [-0.15, -0.1) is 0 Å². The second kappa shape index (κ2) is 7.59. The van der Waals surface area contributed by atoms with Crippen molar-refractivity contribution in [1.82, 2.24) is 10.2 Å². The number of nitrogens with zero attached hydrogens (tertiary/aromatic N) is 3. The molecule has 0 aliphatic carbocycles. The van der Waals surface area contributed by atoms with Crippen LogP contribution in [0.15, 0.2) is 18.2 Å². The van der Waals surface area contributed by atoms with Crippen molar-refractivity contribution in [3.63, 3.8) is 0 Å². The van der Waals surface area contributed by atoms with E-state index in [4.69, 9.17) is 0 Å². The number of nitro groups is 1. The summed E-state index contributed by atoms with van der Waals surface area (Å²) in [7, 11) is 1.49. The summed E-state index contributed by atoms with van der Waals surface area (Å²) in [6.07, 6.45) is -0.398. The van der Waals surface area contributed by atoms with Crippen LogP contribution in [0.1, 0.15) is 24.2 Å². The second-order valence-electron chi connectivity index (χ2n) is 6.19. The summed E-state index contributed by atoms with van der Waals surface area (Å²) >= 11 is 0. The molecule has 8 nitrogen and oxygen atoms in total. The van der Waals surface area contributed by atoms with Gasteiger partial charge in [-0.3, -0.25) is 19.8 Å². The van der Waals surface area contributed by atoms with Crippen LogP contribution in [-0.4, -0.2) is 66.2 Å². The number of anilines is 1. The van der Waals surface area contributed by atoms with Crippen LogP contribution in [0.25, 0.3) is 0 Å². The summed E-state index contributed by atoms with van der Waals surface area (Å²) in [5, 5.41) is 23.4. The van der Waals surface area contributed by atoms with Gasteiger partial charge in [0.05, 0.1) is 11.0 Å². The first-order valence-electron chi connectivity index (χ1n) is 8.01. The van der Waals surface area contributed by atoms with Gasteiger partial charge in [-0.25, -0.2) is 0 Å². The number of carbonyl (C=O) groups excluding carboxylic acids is 1. The third-order valence-electron chi connectivity index (χ3n) is 4.20. The molecule has 1 aliphatic heterocycles. The number of amides is 1. The highest BCUT2D eigenvalue weighted by atomic mass is 16.6. The number of β-amino-alcohol motifs (C(OH)–C–C–N with tert-alkyl or cyclic N) is 1. The van der Waals surface area contributed by atoms with Gasteiger partial charge in [-0.2, -0.15) is 0 Å². The Balaban J connectivity index is 2.25. The molecule has 2 rings (SSSR count). The molecular formula is C16H24N4O4. The van der Waals surface area contributed by atoms with Crippen LogP contribution in [-0.2, 0) is 0 Å². The quantitative estimate of drug-likeness (QED) is 0.611. The molecule has 0 aromatic heterocycles. The summed E-state index contributed by atoms with van der Waals surface area (Å²) in [4.78, 5) is 26.8. The van der Waals surface area contributed by atoms with Gasteiger partial charge in [-0.05, 0) is 26.0 Å². The van der Waals surface area contributed by atoms with Crippen molar-refractivity contribution in [1.29, 1.82) is 0 Å².